The third-order valence-corrected chi connectivity index (χ3v) is 10.9. The largest absolute Gasteiger partial charge is 0.343 e. The lowest BCUT2D eigenvalue weighted by molar-refractivity contribution is -0.195. The summed E-state index contributed by atoms with van der Waals surface area (Å²) < 4.78 is 31.5. The maximum atomic E-state index is 13.2. The second-order valence-corrected chi connectivity index (χ2v) is 14.3. The molecule has 4 aliphatic rings. The zero-order valence-corrected chi connectivity index (χ0v) is 24.7. The Morgan fingerprint density at radius 3 is 1.98 bits per heavy atom. The minimum absolute atomic E-state index is 0.00889. The number of hydrogen-bond donors (Lipinski definition) is 1. The number of carbonyl (C=O) groups is 6. The molecule has 0 aromatic carbocycles. The van der Waals surface area contributed by atoms with E-state index in [1.54, 1.807) is 0 Å². The second-order valence-electron chi connectivity index (χ2n) is 11.6. The second kappa shape index (κ2) is 13.8. The molecule has 228 valence electrons. The number of hydrogen-bond acceptors (Lipinski definition) is 10. The summed E-state index contributed by atoms with van der Waals surface area (Å²) in [5, 5.41) is -2.85. The molecule has 4 amide bonds. The number of likely N-dealkylation sites (tertiary alicyclic amines) is 1. The van der Waals surface area contributed by atoms with Gasteiger partial charge in [0.05, 0.1) is 17.4 Å². The van der Waals surface area contributed by atoms with Crippen LogP contribution in [0.3, 0.4) is 0 Å². The Labute approximate surface area is 244 Å². The van der Waals surface area contributed by atoms with Gasteiger partial charge < -0.3 is 4.84 Å². The van der Waals surface area contributed by atoms with E-state index < -0.39 is 56.5 Å². The van der Waals surface area contributed by atoms with Crippen molar-refractivity contribution in [2.45, 2.75) is 100 Å². The van der Waals surface area contributed by atoms with Gasteiger partial charge in [0.25, 0.3) is 21.9 Å². The van der Waals surface area contributed by atoms with Crippen molar-refractivity contribution in [2.24, 2.45) is 17.8 Å². The van der Waals surface area contributed by atoms with Gasteiger partial charge in [-0.15, -0.1) is 16.8 Å². The van der Waals surface area contributed by atoms with Gasteiger partial charge in [-0.3, -0.25) is 33.4 Å². The van der Waals surface area contributed by atoms with Crippen LogP contribution in [0.25, 0.3) is 0 Å². The Bertz CT molecular complexity index is 1150. The highest BCUT2D eigenvalue weighted by Crippen LogP contribution is 2.36. The number of thioether (sulfide) groups is 1. The summed E-state index contributed by atoms with van der Waals surface area (Å²) in [4.78, 5) is 80.8. The summed E-state index contributed by atoms with van der Waals surface area (Å²) in [6, 6.07) is 0. The first-order chi connectivity index (χ1) is 19.5. The highest BCUT2D eigenvalue weighted by Gasteiger charge is 2.48. The van der Waals surface area contributed by atoms with Crippen molar-refractivity contribution >= 4 is 57.3 Å². The van der Waals surface area contributed by atoms with Crippen molar-refractivity contribution in [3.63, 3.8) is 0 Å². The molecule has 0 spiro atoms. The summed E-state index contributed by atoms with van der Waals surface area (Å²) in [5.74, 6) is -4.03. The van der Waals surface area contributed by atoms with Crippen molar-refractivity contribution in [1.82, 2.24) is 9.96 Å². The van der Waals surface area contributed by atoms with Crippen molar-refractivity contribution in [3.05, 3.63) is 0 Å². The molecular weight excluding hydrogens is 576 g/mol. The number of carbonyl (C=O) groups excluding carboxylic acids is 6. The van der Waals surface area contributed by atoms with E-state index in [0.29, 0.717) is 5.78 Å². The molecule has 4 fully saturated rings. The number of hydroxylamine groups is 2. The standard InChI is InChI=1S/C27H38N2O10S2/c30-22-13-20(40-16-24(32)39-29-23(31)14-21(27(29)35)41(36,37)38)26(34)28(22)15-17-9-11-19(12-10-17)25(33)18-7-5-3-1-2-4-6-8-18/h17-21H,1-16H2,(H,36,37,38). The van der Waals surface area contributed by atoms with Crippen LogP contribution in [0.2, 0.25) is 0 Å². The Morgan fingerprint density at radius 2 is 1.39 bits per heavy atom. The van der Waals surface area contributed by atoms with Crippen LogP contribution in [0.15, 0.2) is 0 Å². The van der Waals surface area contributed by atoms with Gasteiger partial charge in [-0.2, -0.15) is 8.42 Å². The molecule has 41 heavy (non-hydrogen) atoms. The van der Waals surface area contributed by atoms with Crippen molar-refractivity contribution < 1.29 is 46.6 Å². The average Bonchev–Trinajstić information content (AvgIpc) is 3.42. The molecule has 2 aliphatic carbocycles. The minimum Gasteiger partial charge on any atom is -0.329 e. The van der Waals surface area contributed by atoms with E-state index in [1.807, 2.05) is 0 Å². The van der Waals surface area contributed by atoms with Gasteiger partial charge in [0.2, 0.25) is 11.8 Å². The average molecular weight is 615 g/mol. The van der Waals surface area contributed by atoms with Gasteiger partial charge in [-0.05, 0) is 44.4 Å². The summed E-state index contributed by atoms with van der Waals surface area (Å²) in [6.45, 7) is 0.275. The fraction of sp³-hybridized carbons (Fsp3) is 0.778. The summed E-state index contributed by atoms with van der Waals surface area (Å²) in [7, 11) is -4.84. The topological polar surface area (TPSA) is 172 Å². The monoisotopic (exact) mass is 614 g/mol. The molecule has 14 heteroatoms. The predicted octanol–water partition coefficient (Wildman–Crippen LogP) is 2.45. The Kier molecular flexibility index (Phi) is 10.6. The smallest absolute Gasteiger partial charge is 0.329 e. The highest BCUT2D eigenvalue weighted by atomic mass is 32.2. The van der Waals surface area contributed by atoms with E-state index in [2.05, 4.69) is 4.84 Å². The maximum absolute atomic E-state index is 13.2. The van der Waals surface area contributed by atoms with E-state index in [4.69, 9.17) is 4.55 Å². The van der Waals surface area contributed by atoms with E-state index in [9.17, 15) is 37.2 Å². The van der Waals surface area contributed by atoms with Crippen molar-refractivity contribution in [3.8, 4) is 0 Å². The number of ketones is 1. The van der Waals surface area contributed by atoms with E-state index in [1.165, 1.54) is 30.6 Å². The molecule has 2 unspecified atom stereocenters. The molecule has 1 N–H and O–H groups in total. The number of imide groups is 2. The first-order valence-corrected chi connectivity index (χ1v) is 17.0. The van der Waals surface area contributed by atoms with Gasteiger partial charge in [0.1, 0.15) is 5.78 Å². The number of rotatable bonds is 9. The van der Waals surface area contributed by atoms with Gasteiger partial charge >= 0.3 is 5.97 Å². The molecule has 2 saturated heterocycles. The molecule has 2 heterocycles. The minimum atomic E-state index is -4.84. The fourth-order valence-corrected chi connectivity index (χ4v) is 7.95. The van der Waals surface area contributed by atoms with Crippen LogP contribution >= 0.6 is 11.8 Å². The van der Waals surface area contributed by atoms with Crippen LogP contribution in [-0.4, -0.2) is 81.1 Å². The van der Waals surface area contributed by atoms with Crippen LogP contribution in [0, 0.1) is 17.8 Å². The van der Waals surface area contributed by atoms with Crippen molar-refractivity contribution in [2.75, 3.05) is 12.3 Å². The van der Waals surface area contributed by atoms with E-state index in [0.717, 1.165) is 63.1 Å². The maximum Gasteiger partial charge on any atom is 0.343 e. The van der Waals surface area contributed by atoms with Crippen LogP contribution in [0.5, 0.6) is 0 Å². The Morgan fingerprint density at radius 1 is 0.805 bits per heavy atom. The summed E-state index contributed by atoms with van der Waals surface area (Å²) >= 11 is 0.839. The fourth-order valence-electron chi connectivity index (χ4n) is 6.32. The lowest BCUT2D eigenvalue weighted by Gasteiger charge is -2.31. The van der Waals surface area contributed by atoms with E-state index in [-0.39, 0.29) is 41.7 Å². The Hall–Kier alpha value is -2.32. The van der Waals surface area contributed by atoms with Crippen LogP contribution in [0.4, 0.5) is 0 Å². The van der Waals surface area contributed by atoms with Gasteiger partial charge in [0.15, 0.2) is 5.25 Å². The molecule has 0 radical (unpaired) electrons. The molecule has 2 saturated carbocycles. The number of amides is 4. The van der Waals surface area contributed by atoms with Crippen LogP contribution in [0.1, 0.15) is 89.9 Å². The quantitative estimate of drug-likeness (QED) is 0.299. The first kappa shape index (κ1) is 31.6. The van der Waals surface area contributed by atoms with Crippen LogP contribution < -0.4 is 0 Å². The van der Waals surface area contributed by atoms with Gasteiger partial charge in [-0.25, -0.2) is 4.79 Å². The first-order valence-electron chi connectivity index (χ1n) is 14.5. The molecule has 0 bridgehead atoms. The number of nitrogens with zero attached hydrogens (tertiary/aromatic N) is 2. The van der Waals surface area contributed by atoms with Crippen molar-refractivity contribution in [1.29, 1.82) is 0 Å². The predicted molar refractivity (Wildman–Crippen MR) is 146 cm³/mol. The zero-order valence-electron chi connectivity index (χ0n) is 23.0. The number of Topliss-reactive ketones (excluding diaryl/α,β-unsaturated/α-hetero) is 1. The molecule has 12 nitrogen and oxygen atoms in total. The zero-order chi connectivity index (χ0) is 29.7. The highest BCUT2D eigenvalue weighted by molar-refractivity contribution is 8.01. The van der Waals surface area contributed by atoms with Gasteiger partial charge in [0, 0.05) is 24.8 Å². The Balaban J connectivity index is 1.21. The molecule has 0 aromatic heterocycles. The lowest BCUT2D eigenvalue weighted by atomic mass is 9.75. The molecule has 4 rings (SSSR count). The molecule has 0 aromatic rings. The third-order valence-electron chi connectivity index (χ3n) is 8.67. The lowest BCUT2D eigenvalue weighted by Crippen LogP contribution is -2.38. The summed E-state index contributed by atoms with van der Waals surface area (Å²) in [6.07, 6.45) is 11.2. The summed E-state index contributed by atoms with van der Waals surface area (Å²) in [5.41, 5.74) is 0. The molecule has 2 atom stereocenters. The van der Waals surface area contributed by atoms with Crippen LogP contribution in [-0.2, 0) is 43.7 Å². The molecular formula is C27H38N2O10S2. The molecule has 2 aliphatic heterocycles. The SMILES string of the molecule is O=C(CSC1CC(=O)N(CC2CCC(C(=O)C3CCCCCCCC3)CC2)C1=O)ON1C(=O)CC(S(=O)(=O)O)C1=O. The van der Waals surface area contributed by atoms with Gasteiger partial charge in [-0.1, -0.05) is 38.5 Å². The third kappa shape index (κ3) is 7.95. The normalized spacial score (nSPS) is 28.9. The van der Waals surface area contributed by atoms with E-state index >= 15 is 0 Å².